The summed E-state index contributed by atoms with van der Waals surface area (Å²) in [7, 11) is 0. The highest BCUT2D eigenvalue weighted by molar-refractivity contribution is 5.94. The van der Waals surface area contributed by atoms with Crippen molar-refractivity contribution in [3.63, 3.8) is 0 Å². The second kappa shape index (κ2) is 8.81. The summed E-state index contributed by atoms with van der Waals surface area (Å²) in [5.41, 5.74) is 6.38. The molecule has 1 saturated heterocycles. The Morgan fingerprint density at radius 3 is 2.55 bits per heavy atom. The first-order valence-corrected chi connectivity index (χ1v) is 11.2. The van der Waals surface area contributed by atoms with Gasteiger partial charge < -0.3 is 14.4 Å². The molecular formula is C25H32N4O2. The highest BCUT2D eigenvalue weighted by atomic mass is 16.4. The summed E-state index contributed by atoms with van der Waals surface area (Å²) < 4.78 is 2.19. The molecule has 31 heavy (non-hydrogen) atoms. The van der Waals surface area contributed by atoms with E-state index < -0.39 is 5.97 Å². The molecule has 4 rings (SSSR count). The fourth-order valence-corrected chi connectivity index (χ4v) is 4.83. The van der Waals surface area contributed by atoms with Crippen LogP contribution in [0.2, 0.25) is 0 Å². The van der Waals surface area contributed by atoms with Gasteiger partial charge in [0, 0.05) is 61.6 Å². The minimum absolute atomic E-state index is 0.129. The van der Waals surface area contributed by atoms with Crippen LogP contribution in [-0.4, -0.2) is 63.0 Å². The number of aromatic nitrogens is 2. The zero-order valence-corrected chi connectivity index (χ0v) is 18.9. The standard InChI is InChI=1S/C25H32N4O2/c1-5-20-15-19(7-9-26-20)21-8-10-29-23(21)16-22(25(30)31)17(3)24(29)18(4)28-13-11-27(6-2)12-14-28/h7-10,15-16,18H,5-6,11-14H2,1-4H3,(H,30,31). The Bertz CT molecular complexity index is 1100. The van der Waals surface area contributed by atoms with Crippen molar-refractivity contribution >= 4 is 11.5 Å². The number of carboxylic acid groups (broad SMARTS) is 1. The van der Waals surface area contributed by atoms with Gasteiger partial charge in [-0.15, -0.1) is 0 Å². The summed E-state index contributed by atoms with van der Waals surface area (Å²) in [6.45, 7) is 13.6. The predicted octanol–water partition coefficient (Wildman–Crippen LogP) is 4.27. The molecule has 4 heterocycles. The number of hydrogen-bond donors (Lipinski definition) is 1. The molecule has 0 aromatic carbocycles. The van der Waals surface area contributed by atoms with Gasteiger partial charge in [-0.05, 0) is 62.2 Å². The molecule has 1 aliphatic rings. The van der Waals surface area contributed by atoms with E-state index >= 15 is 0 Å². The number of aryl methyl sites for hydroxylation is 1. The molecule has 0 saturated carbocycles. The van der Waals surface area contributed by atoms with Crippen LogP contribution in [0.5, 0.6) is 0 Å². The third-order valence-corrected chi connectivity index (χ3v) is 6.77. The number of carbonyl (C=O) groups is 1. The van der Waals surface area contributed by atoms with Gasteiger partial charge in [0.2, 0.25) is 0 Å². The molecule has 3 aromatic heterocycles. The van der Waals surface area contributed by atoms with Crippen LogP contribution in [0.25, 0.3) is 16.6 Å². The van der Waals surface area contributed by atoms with Crippen LogP contribution in [0.3, 0.4) is 0 Å². The SMILES string of the molecule is CCc1cc(-c2ccn3c(C(C)N4CCN(CC)CC4)c(C)c(C(=O)O)cc23)ccn1. The summed E-state index contributed by atoms with van der Waals surface area (Å²) in [6, 6.07) is 8.15. The van der Waals surface area contributed by atoms with Crippen LogP contribution in [0.1, 0.15) is 54.1 Å². The Labute approximate surface area is 184 Å². The molecule has 1 aliphatic heterocycles. The van der Waals surface area contributed by atoms with E-state index in [-0.39, 0.29) is 6.04 Å². The average molecular weight is 421 g/mol. The largest absolute Gasteiger partial charge is 0.478 e. The third kappa shape index (κ3) is 3.98. The van der Waals surface area contributed by atoms with Crippen molar-refractivity contribution in [1.82, 2.24) is 19.2 Å². The van der Waals surface area contributed by atoms with E-state index in [9.17, 15) is 9.90 Å². The Balaban J connectivity index is 1.84. The Hall–Kier alpha value is -2.70. The first-order valence-electron chi connectivity index (χ1n) is 11.2. The van der Waals surface area contributed by atoms with Crippen molar-refractivity contribution in [3.05, 3.63) is 59.2 Å². The van der Waals surface area contributed by atoms with Crippen molar-refractivity contribution in [3.8, 4) is 11.1 Å². The van der Waals surface area contributed by atoms with Crippen molar-refractivity contribution < 1.29 is 9.90 Å². The first-order chi connectivity index (χ1) is 14.9. The van der Waals surface area contributed by atoms with Gasteiger partial charge in [0.05, 0.1) is 11.1 Å². The number of hydrogen-bond acceptors (Lipinski definition) is 4. The number of nitrogens with zero attached hydrogens (tertiary/aromatic N) is 4. The lowest BCUT2D eigenvalue weighted by molar-refractivity contribution is 0.0695. The highest BCUT2D eigenvalue weighted by Crippen LogP contribution is 2.34. The van der Waals surface area contributed by atoms with Gasteiger partial charge in [-0.25, -0.2) is 4.79 Å². The molecule has 0 spiro atoms. The molecule has 6 heteroatoms. The van der Waals surface area contributed by atoms with Gasteiger partial charge >= 0.3 is 5.97 Å². The Morgan fingerprint density at radius 2 is 1.90 bits per heavy atom. The number of aromatic carboxylic acids is 1. The number of piperazine rings is 1. The Kier molecular flexibility index (Phi) is 6.12. The van der Waals surface area contributed by atoms with Gasteiger partial charge in [0.15, 0.2) is 0 Å². The van der Waals surface area contributed by atoms with E-state index in [0.717, 1.165) is 72.7 Å². The normalized spacial score (nSPS) is 16.6. The summed E-state index contributed by atoms with van der Waals surface area (Å²) >= 11 is 0. The number of rotatable bonds is 6. The maximum absolute atomic E-state index is 12.1. The quantitative estimate of drug-likeness (QED) is 0.645. The van der Waals surface area contributed by atoms with E-state index in [1.807, 2.05) is 25.3 Å². The van der Waals surface area contributed by atoms with Gasteiger partial charge in [-0.2, -0.15) is 0 Å². The van der Waals surface area contributed by atoms with Crippen LogP contribution >= 0.6 is 0 Å². The number of carboxylic acids is 1. The van der Waals surface area contributed by atoms with Crippen LogP contribution in [0.15, 0.2) is 36.7 Å². The van der Waals surface area contributed by atoms with Crippen LogP contribution < -0.4 is 0 Å². The van der Waals surface area contributed by atoms with E-state index in [2.05, 4.69) is 58.3 Å². The number of likely N-dealkylation sites (N-methyl/N-ethyl adjacent to an activating group) is 1. The van der Waals surface area contributed by atoms with Crippen LogP contribution in [0, 0.1) is 6.92 Å². The molecule has 0 amide bonds. The second-order valence-corrected chi connectivity index (χ2v) is 8.39. The summed E-state index contributed by atoms with van der Waals surface area (Å²) in [4.78, 5) is 21.5. The average Bonchev–Trinajstić information content (AvgIpc) is 3.21. The summed E-state index contributed by atoms with van der Waals surface area (Å²) in [6.07, 6.45) is 4.79. The van der Waals surface area contributed by atoms with Crippen molar-refractivity contribution in [1.29, 1.82) is 0 Å². The van der Waals surface area contributed by atoms with Gasteiger partial charge in [-0.3, -0.25) is 9.88 Å². The maximum atomic E-state index is 12.1. The van der Waals surface area contributed by atoms with Crippen molar-refractivity contribution in [2.45, 2.75) is 40.2 Å². The van der Waals surface area contributed by atoms with E-state index in [4.69, 9.17) is 0 Å². The number of pyridine rings is 2. The topological polar surface area (TPSA) is 61.1 Å². The number of fused-ring (bicyclic) bond motifs is 1. The van der Waals surface area contributed by atoms with E-state index in [0.29, 0.717) is 5.56 Å². The van der Waals surface area contributed by atoms with E-state index in [1.54, 1.807) is 0 Å². The second-order valence-electron chi connectivity index (χ2n) is 8.39. The lowest BCUT2D eigenvalue weighted by Crippen LogP contribution is -2.47. The first kappa shape index (κ1) is 21.5. The molecule has 164 valence electrons. The minimum atomic E-state index is -0.875. The molecule has 1 fully saturated rings. The lowest BCUT2D eigenvalue weighted by atomic mass is 9.99. The van der Waals surface area contributed by atoms with Gasteiger partial charge in [-0.1, -0.05) is 13.8 Å². The molecule has 6 nitrogen and oxygen atoms in total. The van der Waals surface area contributed by atoms with Crippen LogP contribution in [0.4, 0.5) is 0 Å². The van der Waals surface area contributed by atoms with Crippen molar-refractivity contribution in [2.24, 2.45) is 0 Å². The molecular weight excluding hydrogens is 388 g/mol. The van der Waals surface area contributed by atoms with Crippen molar-refractivity contribution in [2.75, 3.05) is 32.7 Å². The fraction of sp³-hybridized carbons (Fsp3) is 0.440. The molecule has 0 radical (unpaired) electrons. The monoisotopic (exact) mass is 420 g/mol. The van der Waals surface area contributed by atoms with E-state index in [1.165, 1.54) is 0 Å². The molecule has 0 aliphatic carbocycles. The molecule has 1 atom stereocenters. The lowest BCUT2D eigenvalue weighted by Gasteiger charge is -2.38. The maximum Gasteiger partial charge on any atom is 0.336 e. The van der Waals surface area contributed by atoms with Crippen LogP contribution in [-0.2, 0) is 6.42 Å². The smallest absolute Gasteiger partial charge is 0.336 e. The van der Waals surface area contributed by atoms with Gasteiger partial charge in [0.1, 0.15) is 0 Å². The zero-order valence-electron chi connectivity index (χ0n) is 18.9. The summed E-state index contributed by atoms with van der Waals surface area (Å²) in [5.74, 6) is -0.875. The zero-order chi connectivity index (χ0) is 22.1. The highest BCUT2D eigenvalue weighted by Gasteiger charge is 2.27. The molecule has 1 unspecified atom stereocenters. The third-order valence-electron chi connectivity index (χ3n) is 6.77. The predicted molar refractivity (Wildman–Crippen MR) is 124 cm³/mol. The van der Waals surface area contributed by atoms with Gasteiger partial charge in [0.25, 0.3) is 0 Å². The molecule has 3 aromatic rings. The fourth-order valence-electron chi connectivity index (χ4n) is 4.83. The Morgan fingerprint density at radius 1 is 1.16 bits per heavy atom. The molecule has 1 N–H and O–H groups in total. The summed E-state index contributed by atoms with van der Waals surface area (Å²) in [5, 5.41) is 9.95. The molecule has 0 bridgehead atoms. The minimum Gasteiger partial charge on any atom is -0.478 e.